The molecule has 4 nitrogen and oxygen atoms in total. The molecule has 1 unspecified atom stereocenters. The van der Waals surface area contributed by atoms with Crippen LogP contribution in [0, 0.1) is 0 Å². The lowest BCUT2D eigenvalue weighted by Crippen LogP contribution is -2.44. The molecule has 4 heteroatoms. The number of piperidine rings is 1. The van der Waals surface area contributed by atoms with Crippen LogP contribution in [0.1, 0.15) is 37.5 Å². The summed E-state index contributed by atoms with van der Waals surface area (Å²) in [4.78, 5) is 4.85. The Bertz CT molecular complexity index is 391. The van der Waals surface area contributed by atoms with Gasteiger partial charge in [-0.05, 0) is 52.5 Å². The first-order valence-electron chi connectivity index (χ1n) is 7.84. The highest BCUT2D eigenvalue weighted by molar-refractivity contribution is 5.12. The summed E-state index contributed by atoms with van der Waals surface area (Å²) < 4.78 is 5.69. The molecule has 1 aliphatic heterocycles. The molecule has 1 aliphatic rings. The van der Waals surface area contributed by atoms with Crippen LogP contribution in [0.15, 0.2) is 16.7 Å². The molecule has 2 rings (SSSR count). The van der Waals surface area contributed by atoms with E-state index in [2.05, 4.69) is 42.2 Å². The number of nitrogens with one attached hydrogen (secondary N) is 1. The number of hydrogen-bond donors (Lipinski definition) is 1. The second kappa shape index (κ2) is 7.81. The molecule has 0 amide bonds. The zero-order valence-corrected chi connectivity index (χ0v) is 13.2. The summed E-state index contributed by atoms with van der Waals surface area (Å²) in [5, 5.41) is 3.41. The second-order valence-electron chi connectivity index (χ2n) is 6.07. The molecule has 1 saturated heterocycles. The van der Waals surface area contributed by atoms with E-state index in [1.165, 1.54) is 37.9 Å². The SMILES string of the molecule is CCCNCc1coc(CN(C)C2CCCN(C)C2)c1. The highest BCUT2D eigenvalue weighted by Crippen LogP contribution is 2.17. The fourth-order valence-electron chi connectivity index (χ4n) is 2.89. The molecule has 0 aromatic carbocycles. The van der Waals surface area contributed by atoms with E-state index in [1.807, 2.05) is 6.26 Å². The summed E-state index contributed by atoms with van der Waals surface area (Å²) in [6.45, 7) is 7.47. The van der Waals surface area contributed by atoms with E-state index in [0.29, 0.717) is 6.04 Å². The van der Waals surface area contributed by atoms with Crippen LogP contribution in [0.5, 0.6) is 0 Å². The molecule has 2 heterocycles. The molecule has 0 aliphatic carbocycles. The predicted octanol–water partition coefficient (Wildman–Crippen LogP) is 2.31. The highest BCUT2D eigenvalue weighted by Gasteiger charge is 2.21. The van der Waals surface area contributed by atoms with Crippen LogP contribution >= 0.6 is 0 Å². The van der Waals surface area contributed by atoms with Crippen molar-refractivity contribution in [2.75, 3.05) is 33.7 Å². The number of rotatable bonds is 7. The fraction of sp³-hybridized carbons (Fsp3) is 0.750. The van der Waals surface area contributed by atoms with Crippen LogP contribution in [0.2, 0.25) is 0 Å². The number of hydrogen-bond acceptors (Lipinski definition) is 4. The monoisotopic (exact) mass is 279 g/mol. The number of nitrogens with zero attached hydrogens (tertiary/aromatic N) is 2. The summed E-state index contributed by atoms with van der Waals surface area (Å²) in [5.74, 6) is 1.08. The Balaban J connectivity index is 1.80. The van der Waals surface area contributed by atoms with E-state index in [4.69, 9.17) is 4.42 Å². The lowest BCUT2D eigenvalue weighted by Gasteiger charge is -2.35. The van der Waals surface area contributed by atoms with E-state index in [1.54, 1.807) is 0 Å². The molecule has 20 heavy (non-hydrogen) atoms. The van der Waals surface area contributed by atoms with Crippen molar-refractivity contribution in [1.82, 2.24) is 15.1 Å². The minimum absolute atomic E-state index is 0.653. The zero-order chi connectivity index (χ0) is 14.4. The summed E-state index contributed by atoms with van der Waals surface area (Å²) in [6.07, 6.45) is 5.66. The molecule has 114 valence electrons. The van der Waals surface area contributed by atoms with Crippen LogP contribution in [-0.4, -0.2) is 49.6 Å². The van der Waals surface area contributed by atoms with Crippen molar-refractivity contribution < 1.29 is 4.42 Å². The molecule has 1 aromatic rings. The summed E-state index contributed by atoms with van der Waals surface area (Å²) in [7, 11) is 4.42. The number of likely N-dealkylation sites (tertiary alicyclic amines) is 1. The predicted molar refractivity (Wildman–Crippen MR) is 82.7 cm³/mol. The summed E-state index contributed by atoms with van der Waals surface area (Å²) in [5.41, 5.74) is 1.25. The van der Waals surface area contributed by atoms with Gasteiger partial charge in [-0.15, -0.1) is 0 Å². The lowest BCUT2D eigenvalue weighted by molar-refractivity contribution is 0.123. The van der Waals surface area contributed by atoms with Gasteiger partial charge in [-0.1, -0.05) is 6.92 Å². The molecule has 0 saturated carbocycles. The van der Waals surface area contributed by atoms with Gasteiger partial charge in [0.2, 0.25) is 0 Å². The van der Waals surface area contributed by atoms with Crippen molar-refractivity contribution in [3.8, 4) is 0 Å². The van der Waals surface area contributed by atoms with Crippen molar-refractivity contribution >= 4 is 0 Å². The van der Waals surface area contributed by atoms with Crippen LogP contribution in [-0.2, 0) is 13.1 Å². The normalized spacial score (nSPS) is 20.7. The van der Waals surface area contributed by atoms with Gasteiger partial charge in [-0.3, -0.25) is 4.90 Å². The first-order valence-corrected chi connectivity index (χ1v) is 7.84. The zero-order valence-electron chi connectivity index (χ0n) is 13.2. The van der Waals surface area contributed by atoms with Crippen molar-refractivity contribution in [2.24, 2.45) is 0 Å². The molecule has 1 N–H and O–H groups in total. The quantitative estimate of drug-likeness (QED) is 0.776. The Morgan fingerprint density at radius 2 is 2.35 bits per heavy atom. The number of likely N-dealkylation sites (N-methyl/N-ethyl adjacent to an activating group) is 2. The smallest absolute Gasteiger partial charge is 0.118 e. The van der Waals surface area contributed by atoms with Gasteiger partial charge < -0.3 is 14.6 Å². The van der Waals surface area contributed by atoms with E-state index in [-0.39, 0.29) is 0 Å². The maximum Gasteiger partial charge on any atom is 0.118 e. The van der Waals surface area contributed by atoms with Crippen LogP contribution in [0.3, 0.4) is 0 Å². The van der Waals surface area contributed by atoms with Crippen LogP contribution in [0.25, 0.3) is 0 Å². The first-order chi connectivity index (χ1) is 9.69. The highest BCUT2D eigenvalue weighted by atomic mass is 16.3. The van der Waals surface area contributed by atoms with Gasteiger partial charge in [-0.25, -0.2) is 0 Å². The third kappa shape index (κ3) is 4.62. The molecular formula is C16H29N3O. The molecule has 0 spiro atoms. The Morgan fingerprint density at radius 1 is 1.50 bits per heavy atom. The van der Waals surface area contributed by atoms with E-state index < -0.39 is 0 Å². The average molecular weight is 279 g/mol. The maximum atomic E-state index is 5.69. The van der Waals surface area contributed by atoms with Gasteiger partial charge in [0.25, 0.3) is 0 Å². The molecular weight excluding hydrogens is 250 g/mol. The van der Waals surface area contributed by atoms with Crippen molar-refractivity contribution in [3.63, 3.8) is 0 Å². The Hall–Kier alpha value is -0.840. The second-order valence-corrected chi connectivity index (χ2v) is 6.07. The Morgan fingerprint density at radius 3 is 3.10 bits per heavy atom. The third-order valence-electron chi connectivity index (χ3n) is 4.09. The summed E-state index contributed by atoms with van der Waals surface area (Å²) in [6, 6.07) is 2.84. The standard InChI is InChI=1S/C16H29N3O/c1-4-7-17-10-14-9-16(20-13-14)12-19(3)15-6-5-8-18(2)11-15/h9,13,15,17H,4-8,10-12H2,1-3H3. The van der Waals surface area contributed by atoms with E-state index >= 15 is 0 Å². The van der Waals surface area contributed by atoms with Crippen molar-refractivity contribution in [1.29, 1.82) is 0 Å². The van der Waals surface area contributed by atoms with Crippen molar-refractivity contribution in [3.05, 3.63) is 23.7 Å². The van der Waals surface area contributed by atoms with Gasteiger partial charge in [0.1, 0.15) is 5.76 Å². The Kier molecular flexibility index (Phi) is 6.07. The maximum absolute atomic E-state index is 5.69. The van der Waals surface area contributed by atoms with Crippen LogP contribution in [0.4, 0.5) is 0 Å². The minimum Gasteiger partial charge on any atom is -0.468 e. The largest absolute Gasteiger partial charge is 0.468 e. The molecule has 0 bridgehead atoms. The van der Waals surface area contributed by atoms with Gasteiger partial charge in [0.05, 0.1) is 12.8 Å². The topological polar surface area (TPSA) is 31.7 Å². The van der Waals surface area contributed by atoms with Gasteiger partial charge in [0.15, 0.2) is 0 Å². The minimum atomic E-state index is 0.653. The molecule has 1 fully saturated rings. The van der Waals surface area contributed by atoms with Crippen LogP contribution < -0.4 is 5.32 Å². The molecule has 1 aromatic heterocycles. The third-order valence-corrected chi connectivity index (χ3v) is 4.09. The van der Waals surface area contributed by atoms with E-state index in [0.717, 1.165) is 25.4 Å². The molecule has 0 radical (unpaired) electrons. The van der Waals surface area contributed by atoms with Gasteiger partial charge in [0, 0.05) is 24.7 Å². The fourth-order valence-corrected chi connectivity index (χ4v) is 2.89. The van der Waals surface area contributed by atoms with Crippen molar-refractivity contribution in [2.45, 2.75) is 45.3 Å². The average Bonchev–Trinajstić information content (AvgIpc) is 2.86. The number of furan rings is 1. The Labute approximate surface area is 123 Å². The van der Waals surface area contributed by atoms with E-state index in [9.17, 15) is 0 Å². The van der Waals surface area contributed by atoms with Gasteiger partial charge in [-0.2, -0.15) is 0 Å². The molecule has 1 atom stereocenters. The first kappa shape index (κ1) is 15.5. The van der Waals surface area contributed by atoms with Gasteiger partial charge >= 0.3 is 0 Å². The lowest BCUT2D eigenvalue weighted by atomic mass is 10.1. The summed E-state index contributed by atoms with van der Waals surface area (Å²) >= 11 is 0.